The highest BCUT2D eigenvalue weighted by atomic mass is 16.2. The van der Waals surface area contributed by atoms with Gasteiger partial charge >= 0.3 is 0 Å². The molecule has 0 atom stereocenters. The Labute approximate surface area is 193 Å². The van der Waals surface area contributed by atoms with Crippen LogP contribution >= 0.6 is 0 Å². The average Bonchev–Trinajstić information content (AvgIpc) is 2.88. The maximum Gasteiger partial charge on any atom is 0.255 e. The monoisotopic (exact) mass is 435 g/mol. The zero-order chi connectivity index (χ0) is 22.9. The normalized spacial score (nSPS) is 10.6. The van der Waals surface area contributed by atoms with Crippen molar-refractivity contribution < 1.29 is 9.59 Å². The second-order valence-corrected chi connectivity index (χ2v) is 7.75. The minimum Gasteiger partial charge on any atom is -0.352 e. The third-order valence-electron chi connectivity index (χ3n) is 5.41. The first-order chi connectivity index (χ1) is 16.2. The topological polar surface area (TPSA) is 71.1 Å². The van der Waals surface area contributed by atoms with Crippen molar-refractivity contribution in [2.24, 2.45) is 0 Å². The van der Waals surface area contributed by atoms with Gasteiger partial charge in [0.2, 0.25) is 5.91 Å². The molecule has 0 unspecified atom stereocenters. The highest BCUT2D eigenvalue weighted by Gasteiger charge is 2.18. The van der Waals surface area contributed by atoms with Gasteiger partial charge in [-0.1, -0.05) is 72.8 Å². The zero-order valence-electron chi connectivity index (χ0n) is 18.1. The number of amides is 2. The van der Waals surface area contributed by atoms with Crippen LogP contribution in [0.4, 0.5) is 5.69 Å². The molecule has 164 valence electrons. The van der Waals surface area contributed by atoms with Gasteiger partial charge in [0.25, 0.3) is 5.91 Å². The third-order valence-corrected chi connectivity index (χ3v) is 5.41. The standard InChI is InChI=1S/C28H25N3O2/c32-27(19-26(22-9-3-1-4-10-22)23-11-5-2-6-12-23)30-20-21-8-7-13-25(18-21)31-28(33)24-14-16-29-17-15-24/h1-18,26H,19-20H2,(H,30,32)(H,31,33). The number of anilines is 1. The van der Waals surface area contributed by atoms with Gasteiger partial charge in [0.15, 0.2) is 0 Å². The summed E-state index contributed by atoms with van der Waals surface area (Å²) >= 11 is 0. The van der Waals surface area contributed by atoms with E-state index in [9.17, 15) is 9.59 Å². The summed E-state index contributed by atoms with van der Waals surface area (Å²) in [7, 11) is 0. The van der Waals surface area contributed by atoms with E-state index in [4.69, 9.17) is 0 Å². The van der Waals surface area contributed by atoms with Crippen molar-refractivity contribution in [1.29, 1.82) is 0 Å². The number of nitrogens with one attached hydrogen (secondary N) is 2. The summed E-state index contributed by atoms with van der Waals surface area (Å²) in [6.07, 6.45) is 3.52. The quantitative estimate of drug-likeness (QED) is 0.401. The van der Waals surface area contributed by atoms with Crippen LogP contribution in [0.1, 0.15) is 39.4 Å². The number of carbonyl (C=O) groups is 2. The van der Waals surface area contributed by atoms with Gasteiger partial charge in [-0.3, -0.25) is 14.6 Å². The molecule has 0 fully saturated rings. The Morgan fingerprint density at radius 1 is 0.758 bits per heavy atom. The second-order valence-electron chi connectivity index (χ2n) is 7.75. The van der Waals surface area contributed by atoms with E-state index in [0.717, 1.165) is 16.7 Å². The first-order valence-electron chi connectivity index (χ1n) is 10.9. The molecule has 4 rings (SSSR count). The maximum absolute atomic E-state index is 12.8. The Balaban J connectivity index is 1.39. The van der Waals surface area contributed by atoms with Gasteiger partial charge in [0.05, 0.1) is 0 Å². The lowest BCUT2D eigenvalue weighted by Crippen LogP contribution is -2.25. The van der Waals surface area contributed by atoms with Crippen molar-refractivity contribution in [3.05, 3.63) is 132 Å². The van der Waals surface area contributed by atoms with E-state index in [0.29, 0.717) is 24.2 Å². The molecule has 1 heterocycles. The maximum atomic E-state index is 12.8. The molecule has 0 radical (unpaired) electrons. The molecular weight excluding hydrogens is 410 g/mol. The number of rotatable bonds is 8. The van der Waals surface area contributed by atoms with Gasteiger partial charge in [-0.15, -0.1) is 0 Å². The van der Waals surface area contributed by atoms with Gasteiger partial charge in [-0.25, -0.2) is 0 Å². The van der Waals surface area contributed by atoms with Gasteiger partial charge in [0.1, 0.15) is 0 Å². The Morgan fingerprint density at radius 2 is 1.39 bits per heavy atom. The molecule has 0 aliphatic heterocycles. The number of nitrogens with zero attached hydrogens (tertiary/aromatic N) is 1. The van der Waals surface area contributed by atoms with E-state index in [1.54, 1.807) is 24.5 Å². The van der Waals surface area contributed by atoms with Crippen LogP contribution < -0.4 is 10.6 Å². The number of aromatic nitrogens is 1. The van der Waals surface area contributed by atoms with E-state index in [-0.39, 0.29) is 17.7 Å². The largest absolute Gasteiger partial charge is 0.352 e. The molecule has 3 aromatic carbocycles. The number of benzene rings is 3. The van der Waals surface area contributed by atoms with Crippen LogP contribution in [0.2, 0.25) is 0 Å². The highest BCUT2D eigenvalue weighted by molar-refractivity contribution is 6.04. The van der Waals surface area contributed by atoms with Crippen LogP contribution in [0.3, 0.4) is 0 Å². The summed E-state index contributed by atoms with van der Waals surface area (Å²) in [5, 5.41) is 5.90. The number of hydrogen-bond acceptors (Lipinski definition) is 3. The zero-order valence-corrected chi connectivity index (χ0v) is 18.1. The summed E-state index contributed by atoms with van der Waals surface area (Å²) in [5.74, 6) is -0.246. The lowest BCUT2D eigenvalue weighted by molar-refractivity contribution is -0.121. The fraction of sp³-hybridized carbons (Fsp3) is 0.107. The first kappa shape index (κ1) is 22.0. The lowest BCUT2D eigenvalue weighted by Gasteiger charge is -2.18. The van der Waals surface area contributed by atoms with Crippen LogP contribution in [0.5, 0.6) is 0 Å². The van der Waals surface area contributed by atoms with Crippen LogP contribution in [-0.4, -0.2) is 16.8 Å². The average molecular weight is 436 g/mol. The van der Waals surface area contributed by atoms with Gasteiger partial charge < -0.3 is 10.6 Å². The Kier molecular flexibility index (Phi) is 7.23. The molecule has 0 aliphatic rings. The fourth-order valence-electron chi connectivity index (χ4n) is 3.72. The molecule has 5 heteroatoms. The number of carbonyl (C=O) groups excluding carboxylic acids is 2. The van der Waals surface area contributed by atoms with Crippen molar-refractivity contribution >= 4 is 17.5 Å². The van der Waals surface area contributed by atoms with Crippen molar-refractivity contribution in [3.8, 4) is 0 Å². The predicted octanol–water partition coefficient (Wildman–Crippen LogP) is 5.17. The van der Waals surface area contributed by atoms with E-state index in [1.807, 2.05) is 60.7 Å². The highest BCUT2D eigenvalue weighted by Crippen LogP contribution is 2.27. The van der Waals surface area contributed by atoms with Crippen LogP contribution in [0.15, 0.2) is 109 Å². The van der Waals surface area contributed by atoms with Crippen molar-refractivity contribution in [3.63, 3.8) is 0 Å². The van der Waals surface area contributed by atoms with Gasteiger partial charge in [-0.05, 0) is 41.0 Å². The molecule has 4 aromatic rings. The van der Waals surface area contributed by atoms with Crippen LogP contribution in [0.25, 0.3) is 0 Å². The minimum absolute atomic E-state index is 0.0154. The first-order valence-corrected chi connectivity index (χ1v) is 10.9. The molecule has 0 bridgehead atoms. The lowest BCUT2D eigenvalue weighted by atomic mass is 9.88. The van der Waals surface area contributed by atoms with E-state index >= 15 is 0 Å². The molecule has 33 heavy (non-hydrogen) atoms. The van der Waals surface area contributed by atoms with Crippen molar-refractivity contribution in [2.45, 2.75) is 18.9 Å². The summed E-state index contributed by atoms with van der Waals surface area (Å²) in [5.41, 5.74) is 4.35. The van der Waals surface area contributed by atoms with Crippen LogP contribution in [0, 0.1) is 0 Å². The molecule has 0 spiro atoms. The van der Waals surface area contributed by atoms with E-state index in [1.165, 1.54) is 0 Å². The summed E-state index contributed by atoms with van der Waals surface area (Å²) < 4.78 is 0. The van der Waals surface area contributed by atoms with Gasteiger partial charge in [0, 0.05) is 42.5 Å². The summed E-state index contributed by atoms with van der Waals surface area (Å²) in [4.78, 5) is 29.1. The minimum atomic E-state index is -0.202. The molecule has 2 amide bonds. The fourth-order valence-corrected chi connectivity index (χ4v) is 3.72. The molecular formula is C28H25N3O2. The van der Waals surface area contributed by atoms with Crippen molar-refractivity contribution in [2.75, 3.05) is 5.32 Å². The number of hydrogen-bond donors (Lipinski definition) is 2. The third kappa shape index (κ3) is 6.14. The van der Waals surface area contributed by atoms with Crippen LogP contribution in [-0.2, 0) is 11.3 Å². The predicted molar refractivity (Wildman–Crippen MR) is 130 cm³/mol. The Bertz CT molecular complexity index is 1160. The molecule has 5 nitrogen and oxygen atoms in total. The summed E-state index contributed by atoms with van der Waals surface area (Å²) in [6.45, 7) is 0.383. The Hall–Kier alpha value is -4.25. The van der Waals surface area contributed by atoms with E-state index < -0.39 is 0 Å². The summed E-state index contributed by atoms with van der Waals surface area (Å²) in [6, 6.07) is 31.0. The molecule has 0 aliphatic carbocycles. The van der Waals surface area contributed by atoms with E-state index in [2.05, 4.69) is 39.9 Å². The molecule has 1 aromatic heterocycles. The smallest absolute Gasteiger partial charge is 0.255 e. The molecule has 0 saturated carbocycles. The molecule has 0 saturated heterocycles. The van der Waals surface area contributed by atoms with Crippen molar-refractivity contribution in [1.82, 2.24) is 10.3 Å². The number of pyridine rings is 1. The SMILES string of the molecule is O=C(CC(c1ccccc1)c1ccccc1)NCc1cccc(NC(=O)c2ccncc2)c1. The van der Waals surface area contributed by atoms with Gasteiger partial charge in [-0.2, -0.15) is 0 Å². The Morgan fingerprint density at radius 3 is 2.03 bits per heavy atom. The molecule has 2 N–H and O–H groups in total. The second kappa shape index (κ2) is 10.9.